The predicted molar refractivity (Wildman–Crippen MR) is 47.5 cm³/mol. The zero-order valence-electron chi connectivity index (χ0n) is 8.29. The molecule has 0 bridgehead atoms. The highest BCUT2D eigenvalue weighted by Crippen LogP contribution is 2.34. The topological polar surface area (TPSA) is 9.23 Å². The van der Waals surface area contributed by atoms with Crippen molar-refractivity contribution in [2.45, 2.75) is 46.8 Å². The van der Waals surface area contributed by atoms with Gasteiger partial charge in [-0.25, -0.2) is 0 Å². The molecule has 0 spiro atoms. The van der Waals surface area contributed by atoms with Crippen LogP contribution in [0.25, 0.3) is 0 Å². The van der Waals surface area contributed by atoms with Crippen molar-refractivity contribution in [2.24, 2.45) is 17.8 Å². The molecule has 1 saturated heterocycles. The standard InChI is InChI=1S/C10H20O/c1-6-7(2)9(4)11-10(5)8(6)3/h6-10H,1-5H3/t6-,7+,8?,9?,10-/m0/s1. The maximum Gasteiger partial charge on any atom is 0.0578 e. The van der Waals surface area contributed by atoms with Gasteiger partial charge in [0.1, 0.15) is 0 Å². The summed E-state index contributed by atoms with van der Waals surface area (Å²) in [6.07, 6.45) is 0.882. The summed E-state index contributed by atoms with van der Waals surface area (Å²) < 4.78 is 5.78. The molecule has 1 aliphatic rings. The maximum absolute atomic E-state index is 5.78. The van der Waals surface area contributed by atoms with Crippen molar-refractivity contribution in [1.29, 1.82) is 0 Å². The molecule has 0 saturated carbocycles. The minimum atomic E-state index is 0.441. The monoisotopic (exact) mass is 156 g/mol. The molecule has 0 aromatic carbocycles. The van der Waals surface area contributed by atoms with Gasteiger partial charge in [0.15, 0.2) is 0 Å². The van der Waals surface area contributed by atoms with Gasteiger partial charge in [-0.1, -0.05) is 20.8 Å². The van der Waals surface area contributed by atoms with E-state index in [1.54, 1.807) is 0 Å². The minimum Gasteiger partial charge on any atom is -0.375 e. The number of rotatable bonds is 0. The summed E-state index contributed by atoms with van der Waals surface area (Å²) in [4.78, 5) is 0. The van der Waals surface area contributed by atoms with Crippen molar-refractivity contribution in [3.8, 4) is 0 Å². The lowest BCUT2D eigenvalue weighted by molar-refractivity contribution is -0.116. The molecule has 1 heterocycles. The van der Waals surface area contributed by atoms with Crippen molar-refractivity contribution in [3.05, 3.63) is 0 Å². The van der Waals surface area contributed by atoms with Crippen LogP contribution < -0.4 is 0 Å². The molecule has 1 fully saturated rings. The first-order chi connectivity index (χ1) is 5.04. The van der Waals surface area contributed by atoms with Crippen molar-refractivity contribution in [1.82, 2.24) is 0 Å². The SMILES string of the molecule is CC1[C@H](C)OC(C)[C@H](C)[C@@H]1C. The van der Waals surface area contributed by atoms with E-state index in [1.165, 1.54) is 0 Å². The van der Waals surface area contributed by atoms with Crippen LogP contribution in [0.15, 0.2) is 0 Å². The molecule has 0 amide bonds. The van der Waals surface area contributed by atoms with Gasteiger partial charge >= 0.3 is 0 Å². The van der Waals surface area contributed by atoms with Crippen LogP contribution in [-0.4, -0.2) is 12.2 Å². The van der Waals surface area contributed by atoms with Crippen LogP contribution in [0.5, 0.6) is 0 Å². The Bertz CT molecular complexity index is 119. The van der Waals surface area contributed by atoms with E-state index in [0.717, 1.165) is 5.92 Å². The third-order valence-electron chi connectivity index (χ3n) is 3.57. The van der Waals surface area contributed by atoms with Gasteiger partial charge in [-0.15, -0.1) is 0 Å². The van der Waals surface area contributed by atoms with Crippen molar-refractivity contribution in [2.75, 3.05) is 0 Å². The lowest BCUT2D eigenvalue weighted by Gasteiger charge is -2.41. The summed E-state index contributed by atoms with van der Waals surface area (Å²) in [6.45, 7) is 11.3. The van der Waals surface area contributed by atoms with Gasteiger partial charge in [-0.05, 0) is 31.6 Å². The van der Waals surface area contributed by atoms with Crippen molar-refractivity contribution < 1.29 is 4.74 Å². The molecule has 66 valence electrons. The Hall–Kier alpha value is -0.0400. The highest BCUT2D eigenvalue weighted by molar-refractivity contribution is 4.81. The lowest BCUT2D eigenvalue weighted by Crippen LogP contribution is -2.41. The molecule has 0 aromatic rings. The summed E-state index contributed by atoms with van der Waals surface area (Å²) in [7, 11) is 0. The minimum absolute atomic E-state index is 0.441. The van der Waals surface area contributed by atoms with Gasteiger partial charge < -0.3 is 4.74 Å². The van der Waals surface area contributed by atoms with Gasteiger partial charge in [-0.3, -0.25) is 0 Å². The van der Waals surface area contributed by atoms with Crippen molar-refractivity contribution >= 4 is 0 Å². The van der Waals surface area contributed by atoms with Crippen LogP contribution >= 0.6 is 0 Å². The number of hydrogen-bond donors (Lipinski definition) is 0. The molecule has 0 aliphatic carbocycles. The van der Waals surface area contributed by atoms with E-state index in [2.05, 4.69) is 34.6 Å². The van der Waals surface area contributed by atoms with E-state index in [1.807, 2.05) is 0 Å². The Kier molecular flexibility index (Phi) is 2.58. The molecule has 2 unspecified atom stereocenters. The first kappa shape index (κ1) is 9.05. The van der Waals surface area contributed by atoms with Crippen LogP contribution in [0.2, 0.25) is 0 Å². The second kappa shape index (κ2) is 3.14. The maximum atomic E-state index is 5.78. The summed E-state index contributed by atoms with van der Waals surface area (Å²) in [5.41, 5.74) is 0. The Labute approximate surface area is 70.1 Å². The normalized spacial score (nSPS) is 52.6. The molecule has 5 atom stereocenters. The van der Waals surface area contributed by atoms with Gasteiger partial charge in [0, 0.05) is 0 Å². The number of ether oxygens (including phenoxy) is 1. The molecule has 0 radical (unpaired) electrons. The lowest BCUT2D eigenvalue weighted by atomic mass is 9.77. The van der Waals surface area contributed by atoms with Gasteiger partial charge in [0.2, 0.25) is 0 Å². The van der Waals surface area contributed by atoms with E-state index in [0.29, 0.717) is 24.0 Å². The van der Waals surface area contributed by atoms with E-state index in [9.17, 15) is 0 Å². The fourth-order valence-electron chi connectivity index (χ4n) is 1.92. The second-order valence-electron chi connectivity index (χ2n) is 4.12. The molecule has 1 rings (SSSR count). The summed E-state index contributed by atoms with van der Waals surface area (Å²) in [5, 5.41) is 0. The molecule has 1 aliphatic heterocycles. The Morgan fingerprint density at radius 2 is 1.00 bits per heavy atom. The van der Waals surface area contributed by atoms with Gasteiger partial charge in [-0.2, -0.15) is 0 Å². The Morgan fingerprint density at radius 3 is 1.36 bits per heavy atom. The fourth-order valence-corrected chi connectivity index (χ4v) is 1.92. The third kappa shape index (κ3) is 1.58. The fraction of sp³-hybridized carbons (Fsp3) is 1.00. The van der Waals surface area contributed by atoms with Crippen LogP contribution in [0, 0.1) is 17.8 Å². The van der Waals surface area contributed by atoms with Crippen LogP contribution in [0.4, 0.5) is 0 Å². The zero-order chi connectivity index (χ0) is 8.59. The third-order valence-corrected chi connectivity index (χ3v) is 3.57. The molecule has 0 N–H and O–H groups in total. The van der Waals surface area contributed by atoms with E-state index in [-0.39, 0.29) is 0 Å². The molecular formula is C10H20O. The highest BCUT2D eigenvalue weighted by Gasteiger charge is 2.34. The molecule has 0 aromatic heterocycles. The largest absolute Gasteiger partial charge is 0.375 e. The summed E-state index contributed by atoms with van der Waals surface area (Å²) in [6, 6.07) is 0. The first-order valence-electron chi connectivity index (χ1n) is 4.69. The number of hydrogen-bond acceptors (Lipinski definition) is 1. The van der Waals surface area contributed by atoms with Crippen LogP contribution in [0.3, 0.4) is 0 Å². The average Bonchev–Trinajstić information content (AvgIpc) is 1.97. The predicted octanol–water partition coefficient (Wildman–Crippen LogP) is 2.70. The molecular weight excluding hydrogens is 136 g/mol. The average molecular weight is 156 g/mol. The summed E-state index contributed by atoms with van der Waals surface area (Å²) in [5.74, 6) is 2.22. The van der Waals surface area contributed by atoms with Crippen LogP contribution in [0.1, 0.15) is 34.6 Å². The molecule has 1 nitrogen and oxygen atoms in total. The van der Waals surface area contributed by atoms with Crippen LogP contribution in [-0.2, 0) is 4.74 Å². The van der Waals surface area contributed by atoms with Gasteiger partial charge in [0.05, 0.1) is 12.2 Å². The van der Waals surface area contributed by atoms with E-state index in [4.69, 9.17) is 4.74 Å². The quantitative estimate of drug-likeness (QED) is 0.524. The molecule has 11 heavy (non-hydrogen) atoms. The second-order valence-corrected chi connectivity index (χ2v) is 4.12. The highest BCUT2D eigenvalue weighted by atomic mass is 16.5. The van der Waals surface area contributed by atoms with Crippen molar-refractivity contribution in [3.63, 3.8) is 0 Å². The zero-order valence-corrected chi connectivity index (χ0v) is 8.29. The first-order valence-corrected chi connectivity index (χ1v) is 4.69. The summed E-state index contributed by atoms with van der Waals surface area (Å²) >= 11 is 0. The van der Waals surface area contributed by atoms with E-state index < -0.39 is 0 Å². The smallest absolute Gasteiger partial charge is 0.0578 e. The molecule has 1 heteroatoms. The Morgan fingerprint density at radius 1 is 0.636 bits per heavy atom. The van der Waals surface area contributed by atoms with Gasteiger partial charge in [0.25, 0.3) is 0 Å². The Balaban J connectivity index is 2.63. The van der Waals surface area contributed by atoms with E-state index >= 15 is 0 Å².